The van der Waals surface area contributed by atoms with Crippen molar-refractivity contribution in [2.45, 2.75) is 39.2 Å². The van der Waals surface area contributed by atoms with Gasteiger partial charge in [0.2, 0.25) is 0 Å². The summed E-state index contributed by atoms with van der Waals surface area (Å²) in [6.45, 7) is 6.07. The highest BCUT2D eigenvalue weighted by molar-refractivity contribution is 5.21. The van der Waals surface area contributed by atoms with E-state index in [-0.39, 0.29) is 5.82 Å². The molecule has 0 atom stereocenters. The number of hydrogen-bond acceptors (Lipinski definition) is 2. The van der Waals surface area contributed by atoms with Gasteiger partial charge in [0.1, 0.15) is 11.6 Å². The van der Waals surface area contributed by atoms with Crippen LogP contribution in [0.15, 0.2) is 24.3 Å². The van der Waals surface area contributed by atoms with Crippen LogP contribution in [-0.4, -0.2) is 19.2 Å². The number of unbranched alkanes of at least 4 members (excludes halogenated alkanes) is 2. The summed E-state index contributed by atoms with van der Waals surface area (Å²) in [7, 11) is 0. The summed E-state index contributed by atoms with van der Waals surface area (Å²) in [5.74, 6) is 0.517. The standard InChI is InChI=1S/C14H22FNO/c1-12(2)16-10-4-3-5-11-17-14-8-6-13(15)7-9-14/h6-9,12,16H,3-5,10-11H2,1-2H3. The molecule has 0 aliphatic carbocycles. The van der Waals surface area contributed by atoms with Gasteiger partial charge in [0.05, 0.1) is 6.61 Å². The number of ether oxygens (including phenoxy) is 1. The molecule has 0 heterocycles. The van der Waals surface area contributed by atoms with Crippen LogP contribution >= 0.6 is 0 Å². The summed E-state index contributed by atoms with van der Waals surface area (Å²) in [5, 5.41) is 3.38. The second-order valence-electron chi connectivity index (χ2n) is 4.47. The summed E-state index contributed by atoms with van der Waals surface area (Å²) in [6.07, 6.45) is 3.36. The van der Waals surface area contributed by atoms with Crippen molar-refractivity contribution in [3.05, 3.63) is 30.1 Å². The lowest BCUT2D eigenvalue weighted by atomic mass is 10.2. The van der Waals surface area contributed by atoms with Crippen LogP contribution < -0.4 is 10.1 Å². The van der Waals surface area contributed by atoms with E-state index >= 15 is 0 Å². The van der Waals surface area contributed by atoms with Gasteiger partial charge in [0, 0.05) is 6.04 Å². The molecule has 0 aliphatic heterocycles. The second kappa shape index (κ2) is 8.07. The van der Waals surface area contributed by atoms with Gasteiger partial charge in [-0.05, 0) is 50.1 Å². The minimum Gasteiger partial charge on any atom is -0.494 e. The maximum atomic E-state index is 12.6. The van der Waals surface area contributed by atoms with Gasteiger partial charge in [-0.25, -0.2) is 4.39 Å². The van der Waals surface area contributed by atoms with Gasteiger partial charge in [0.15, 0.2) is 0 Å². The average Bonchev–Trinajstić information content (AvgIpc) is 2.30. The van der Waals surface area contributed by atoms with Crippen LogP contribution in [0.2, 0.25) is 0 Å². The summed E-state index contributed by atoms with van der Waals surface area (Å²) in [4.78, 5) is 0. The number of nitrogens with one attached hydrogen (secondary N) is 1. The number of rotatable bonds is 8. The van der Waals surface area contributed by atoms with Crippen LogP contribution in [0.1, 0.15) is 33.1 Å². The predicted molar refractivity (Wildman–Crippen MR) is 68.9 cm³/mol. The summed E-state index contributed by atoms with van der Waals surface area (Å²) < 4.78 is 18.1. The molecule has 0 spiro atoms. The van der Waals surface area contributed by atoms with Crippen LogP contribution in [0.25, 0.3) is 0 Å². The molecule has 2 nitrogen and oxygen atoms in total. The molecule has 0 saturated carbocycles. The third kappa shape index (κ3) is 6.95. The second-order valence-corrected chi connectivity index (χ2v) is 4.47. The molecule has 3 heteroatoms. The lowest BCUT2D eigenvalue weighted by Crippen LogP contribution is -2.23. The Bertz CT molecular complexity index is 298. The van der Waals surface area contributed by atoms with E-state index in [2.05, 4.69) is 19.2 Å². The van der Waals surface area contributed by atoms with Gasteiger partial charge >= 0.3 is 0 Å². The van der Waals surface area contributed by atoms with Crippen molar-refractivity contribution in [3.8, 4) is 5.75 Å². The van der Waals surface area contributed by atoms with Gasteiger partial charge in [-0.2, -0.15) is 0 Å². The summed E-state index contributed by atoms with van der Waals surface area (Å²) in [6, 6.07) is 6.72. The summed E-state index contributed by atoms with van der Waals surface area (Å²) >= 11 is 0. The quantitative estimate of drug-likeness (QED) is 0.702. The molecule has 0 aliphatic rings. The highest BCUT2D eigenvalue weighted by Gasteiger charge is 1.95. The van der Waals surface area contributed by atoms with E-state index in [0.29, 0.717) is 12.6 Å². The molecule has 17 heavy (non-hydrogen) atoms. The zero-order valence-electron chi connectivity index (χ0n) is 10.7. The Morgan fingerprint density at radius 2 is 1.82 bits per heavy atom. The van der Waals surface area contributed by atoms with Gasteiger partial charge in [-0.1, -0.05) is 13.8 Å². The Morgan fingerprint density at radius 1 is 1.12 bits per heavy atom. The molecule has 0 saturated heterocycles. The van der Waals surface area contributed by atoms with Crippen molar-refractivity contribution in [2.24, 2.45) is 0 Å². The first-order chi connectivity index (χ1) is 8.18. The molecule has 1 aromatic carbocycles. The van der Waals surface area contributed by atoms with Crippen molar-refractivity contribution in [3.63, 3.8) is 0 Å². The monoisotopic (exact) mass is 239 g/mol. The smallest absolute Gasteiger partial charge is 0.123 e. The molecule has 0 aromatic heterocycles. The van der Waals surface area contributed by atoms with Crippen LogP contribution in [0, 0.1) is 5.82 Å². The fraction of sp³-hybridized carbons (Fsp3) is 0.571. The van der Waals surface area contributed by atoms with E-state index in [0.717, 1.165) is 25.1 Å². The Labute approximate surface area is 103 Å². The number of hydrogen-bond donors (Lipinski definition) is 1. The minimum absolute atomic E-state index is 0.225. The lowest BCUT2D eigenvalue weighted by Gasteiger charge is -2.08. The van der Waals surface area contributed by atoms with Crippen LogP contribution in [0.3, 0.4) is 0 Å². The third-order valence-electron chi connectivity index (χ3n) is 2.46. The van der Waals surface area contributed by atoms with Gasteiger partial charge in [0.25, 0.3) is 0 Å². The fourth-order valence-corrected chi connectivity index (χ4v) is 1.52. The third-order valence-corrected chi connectivity index (χ3v) is 2.46. The topological polar surface area (TPSA) is 21.3 Å². The van der Waals surface area contributed by atoms with Crippen molar-refractivity contribution in [2.75, 3.05) is 13.2 Å². The van der Waals surface area contributed by atoms with Crippen molar-refractivity contribution < 1.29 is 9.13 Å². The van der Waals surface area contributed by atoms with E-state index in [1.54, 1.807) is 12.1 Å². The lowest BCUT2D eigenvalue weighted by molar-refractivity contribution is 0.304. The van der Waals surface area contributed by atoms with E-state index in [1.807, 2.05) is 0 Å². The Kier molecular flexibility index (Phi) is 6.63. The fourth-order valence-electron chi connectivity index (χ4n) is 1.52. The Balaban J connectivity index is 1.99. The molecule has 0 radical (unpaired) electrons. The first kappa shape index (κ1) is 14.0. The molecule has 0 fully saturated rings. The van der Waals surface area contributed by atoms with E-state index < -0.39 is 0 Å². The highest BCUT2D eigenvalue weighted by Crippen LogP contribution is 2.11. The van der Waals surface area contributed by atoms with Gasteiger partial charge in [-0.3, -0.25) is 0 Å². The molecule has 1 N–H and O–H groups in total. The molecule has 96 valence electrons. The normalized spacial score (nSPS) is 10.8. The molecule has 1 aromatic rings. The molecule has 1 rings (SSSR count). The van der Waals surface area contributed by atoms with Gasteiger partial charge in [-0.15, -0.1) is 0 Å². The van der Waals surface area contributed by atoms with E-state index in [9.17, 15) is 4.39 Å². The molecular weight excluding hydrogens is 217 g/mol. The molecular formula is C14H22FNO. The van der Waals surface area contributed by atoms with Crippen LogP contribution in [0.5, 0.6) is 5.75 Å². The Morgan fingerprint density at radius 3 is 2.47 bits per heavy atom. The SMILES string of the molecule is CC(C)NCCCCCOc1ccc(F)cc1. The van der Waals surface area contributed by atoms with Crippen molar-refractivity contribution in [1.82, 2.24) is 5.32 Å². The van der Waals surface area contributed by atoms with E-state index in [1.165, 1.54) is 18.6 Å². The van der Waals surface area contributed by atoms with Gasteiger partial charge < -0.3 is 10.1 Å². The van der Waals surface area contributed by atoms with Crippen LogP contribution in [-0.2, 0) is 0 Å². The molecule has 0 unspecified atom stereocenters. The van der Waals surface area contributed by atoms with Crippen LogP contribution in [0.4, 0.5) is 4.39 Å². The average molecular weight is 239 g/mol. The van der Waals surface area contributed by atoms with Crippen molar-refractivity contribution >= 4 is 0 Å². The summed E-state index contributed by atoms with van der Waals surface area (Å²) in [5.41, 5.74) is 0. The molecule has 0 bridgehead atoms. The first-order valence-corrected chi connectivity index (χ1v) is 6.30. The molecule has 0 amide bonds. The van der Waals surface area contributed by atoms with E-state index in [4.69, 9.17) is 4.74 Å². The first-order valence-electron chi connectivity index (χ1n) is 6.30. The van der Waals surface area contributed by atoms with Crippen molar-refractivity contribution in [1.29, 1.82) is 0 Å². The maximum absolute atomic E-state index is 12.6. The minimum atomic E-state index is -0.225. The highest BCUT2D eigenvalue weighted by atomic mass is 19.1. The maximum Gasteiger partial charge on any atom is 0.123 e. The Hall–Kier alpha value is -1.09. The zero-order chi connectivity index (χ0) is 12.5. The number of benzene rings is 1. The zero-order valence-corrected chi connectivity index (χ0v) is 10.7. The number of halogens is 1. The largest absolute Gasteiger partial charge is 0.494 e. The predicted octanol–water partition coefficient (Wildman–Crippen LogP) is 3.37.